The first-order valence-electron chi connectivity index (χ1n) is 7.03. The Morgan fingerprint density at radius 1 is 1.13 bits per heavy atom. The lowest BCUT2D eigenvalue weighted by Gasteiger charge is -2.17. The van der Waals surface area contributed by atoms with Crippen molar-refractivity contribution in [3.8, 4) is 0 Å². The van der Waals surface area contributed by atoms with E-state index in [4.69, 9.17) is 16.3 Å². The second kappa shape index (κ2) is 8.19. The van der Waals surface area contributed by atoms with E-state index in [0.29, 0.717) is 17.1 Å². The molecule has 6 heteroatoms. The molecular formula is C17H17ClN2O3. The fraction of sp³-hybridized carbons (Fsp3) is 0.176. The predicted molar refractivity (Wildman–Crippen MR) is 89.6 cm³/mol. The van der Waals surface area contributed by atoms with Gasteiger partial charge in [-0.2, -0.15) is 0 Å². The van der Waals surface area contributed by atoms with Crippen molar-refractivity contribution in [1.82, 2.24) is 5.32 Å². The van der Waals surface area contributed by atoms with E-state index in [1.807, 2.05) is 30.3 Å². The monoisotopic (exact) mass is 332 g/mol. The summed E-state index contributed by atoms with van der Waals surface area (Å²) in [6.45, 7) is 0. The van der Waals surface area contributed by atoms with E-state index >= 15 is 0 Å². The Balaban J connectivity index is 2.02. The highest BCUT2D eigenvalue weighted by Gasteiger charge is 2.21. The van der Waals surface area contributed by atoms with Crippen LogP contribution in [0.5, 0.6) is 0 Å². The lowest BCUT2D eigenvalue weighted by atomic mass is 10.1. The van der Waals surface area contributed by atoms with E-state index in [1.165, 1.54) is 7.11 Å². The first-order chi connectivity index (χ1) is 11.1. The summed E-state index contributed by atoms with van der Waals surface area (Å²) in [4.78, 5) is 23.9. The molecule has 0 radical (unpaired) electrons. The van der Waals surface area contributed by atoms with Crippen molar-refractivity contribution in [2.24, 2.45) is 0 Å². The first-order valence-corrected chi connectivity index (χ1v) is 7.41. The molecule has 0 aromatic heterocycles. The molecule has 5 nitrogen and oxygen atoms in total. The smallest absolute Gasteiger partial charge is 0.328 e. The van der Waals surface area contributed by atoms with E-state index in [9.17, 15) is 9.59 Å². The van der Waals surface area contributed by atoms with Gasteiger partial charge in [-0.15, -0.1) is 0 Å². The van der Waals surface area contributed by atoms with Gasteiger partial charge in [0.05, 0.1) is 7.11 Å². The molecule has 0 spiro atoms. The number of urea groups is 1. The fourth-order valence-corrected chi connectivity index (χ4v) is 2.27. The SMILES string of the molecule is COC(=O)C(Cc1ccccc1)NC(=O)Nc1cccc(Cl)c1. The van der Waals surface area contributed by atoms with Gasteiger partial charge in [-0.1, -0.05) is 48.0 Å². The maximum absolute atomic E-state index is 12.1. The van der Waals surface area contributed by atoms with Crippen molar-refractivity contribution in [1.29, 1.82) is 0 Å². The minimum absolute atomic E-state index is 0.344. The standard InChI is InChI=1S/C17H17ClN2O3/c1-23-16(21)15(10-12-6-3-2-4-7-12)20-17(22)19-14-9-5-8-13(18)11-14/h2-9,11,15H,10H2,1H3,(H2,19,20,22). The average molecular weight is 333 g/mol. The number of halogens is 1. The summed E-state index contributed by atoms with van der Waals surface area (Å²) in [6.07, 6.45) is 0.344. The molecule has 120 valence electrons. The van der Waals surface area contributed by atoms with Gasteiger partial charge in [0, 0.05) is 17.1 Å². The van der Waals surface area contributed by atoms with Crippen LogP contribution < -0.4 is 10.6 Å². The van der Waals surface area contributed by atoms with Crippen molar-refractivity contribution < 1.29 is 14.3 Å². The van der Waals surface area contributed by atoms with Crippen LogP contribution in [0.4, 0.5) is 10.5 Å². The number of carbonyl (C=O) groups excluding carboxylic acids is 2. The van der Waals surface area contributed by atoms with E-state index < -0.39 is 18.0 Å². The van der Waals surface area contributed by atoms with Crippen LogP contribution in [0.25, 0.3) is 0 Å². The van der Waals surface area contributed by atoms with Gasteiger partial charge in [-0.25, -0.2) is 9.59 Å². The van der Waals surface area contributed by atoms with Crippen molar-refractivity contribution in [2.75, 3.05) is 12.4 Å². The zero-order valence-corrected chi connectivity index (χ0v) is 13.3. The van der Waals surface area contributed by atoms with E-state index in [2.05, 4.69) is 10.6 Å². The molecule has 1 unspecified atom stereocenters. The molecule has 0 aliphatic heterocycles. The number of ether oxygens (including phenoxy) is 1. The molecule has 0 saturated heterocycles. The number of hydrogen-bond acceptors (Lipinski definition) is 3. The largest absolute Gasteiger partial charge is 0.467 e. The van der Waals surface area contributed by atoms with Crippen LogP contribution in [-0.4, -0.2) is 25.2 Å². The number of amides is 2. The third-order valence-corrected chi connectivity index (χ3v) is 3.39. The Morgan fingerprint density at radius 3 is 2.52 bits per heavy atom. The molecule has 0 aliphatic rings. The highest BCUT2D eigenvalue weighted by molar-refractivity contribution is 6.30. The quantitative estimate of drug-likeness (QED) is 0.826. The van der Waals surface area contributed by atoms with E-state index in [-0.39, 0.29) is 0 Å². The van der Waals surface area contributed by atoms with Crippen molar-refractivity contribution in [2.45, 2.75) is 12.5 Å². The fourth-order valence-electron chi connectivity index (χ4n) is 2.08. The number of methoxy groups -OCH3 is 1. The van der Waals surface area contributed by atoms with Gasteiger partial charge in [-0.3, -0.25) is 0 Å². The maximum Gasteiger partial charge on any atom is 0.328 e. The number of benzene rings is 2. The highest BCUT2D eigenvalue weighted by Crippen LogP contribution is 2.14. The van der Waals surface area contributed by atoms with Gasteiger partial charge in [0.2, 0.25) is 0 Å². The van der Waals surface area contributed by atoms with E-state index in [0.717, 1.165) is 5.56 Å². The Morgan fingerprint density at radius 2 is 1.87 bits per heavy atom. The Bertz CT molecular complexity index is 677. The molecule has 0 fully saturated rings. The molecule has 2 amide bonds. The van der Waals surface area contributed by atoms with E-state index in [1.54, 1.807) is 24.3 Å². The van der Waals surface area contributed by atoms with Gasteiger partial charge in [0.15, 0.2) is 0 Å². The van der Waals surface area contributed by atoms with Gasteiger partial charge in [0.1, 0.15) is 6.04 Å². The molecule has 2 aromatic carbocycles. The summed E-state index contributed by atoms with van der Waals surface area (Å²) in [5.74, 6) is -0.505. The van der Waals surface area contributed by atoms with Crippen LogP contribution in [0.3, 0.4) is 0 Å². The lowest BCUT2D eigenvalue weighted by Crippen LogP contribution is -2.45. The third kappa shape index (κ3) is 5.30. The number of hydrogen-bond donors (Lipinski definition) is 2. The topological polar surface area (TPSA) is 67.4 Å². The van der Waals surface area contributed by atoms with Gasteiger partial charge >= 0.3 is 12.0 Å². The molecule has 0 bridgehead atoms. The van der Waals surface area contributed by atoms with Crippen molar-refractivity contribution >= 4 is 29.3 Å². The van der Waals surface area contributed by atoms with Crippen LogP contribution in [-0.2, 0) is 16.0 Å². The minimum Gasteiger partial charge on any atom is -0.467 e. The Labute approximate surface area is 139 Å². The molecule has 2 aromatic rings. The van der Waals surface area contributed by atoms with Crippen molar-refractivity contribution in [3.63, 3.8) is 0 Å². The summed E-state index contributed by atoms with van der Waals surface area (Å²) < 4.78 is 4.75. The van der Waals surface area contributed by atoms with Gasteiger partial charge in [-0.05, 0) is 23.8 Å². The Hall–Kier alpha value is -2.53. The highest BCUT2D eigenvalue weighted by atomic mass is 35.5. The van der Waals surface area contributed by atoms with Crippen LogP contribution in [0.15, 0.2) is 54.6 Å². The van der Waals surface area contributed by atoms with Gasteiger partial charge in [0.25, 0.3) is 0 Å². The third-order valence-electron chi connectivity index (χ3n) is 3.16. The molecule has 0 aliphatic carbocycles. The molecule has 23 heavy (non-hydrogen) atoms. The van der Waals surface area contributed by atoms with Crippen LogP contribution in [0.2, 0.25) is 5.02 Å². The molecule has 0 heterocycles. The summed E-state index contributed by atoms with van der Waals surface area (Å²) in [5.41, 5.74) is 1.46. The maximum atomic E-state index is 12.1. The van der Waals surface area contributed by atoms with Crippen LogP contribution in [0.1, 0.15) is 5.56 Å². The molecule has 1 atom stereocenters. The number of esters is 1. The number of nitrogens with one attached hydrogen (secondary N) is 2. The summed E-state index contributed by atoms with van der Waals surface area (Å²) in [6, 6.07) is 14.9. The minimum atomic E-state index is -0.776. The molecule has 0 saturated carbocycles. The predicted octanol–water partition coefficient (Wildman–Crippen LogP) is 3.25. The zero-order valence-electron chi connectivity index (χ0n) is 12.6. The lowest BCUT2D eigenvalue weighted by molar-refractivity contribution is -0.142. The first kappa shape index (κ1) is 16.8. The molecule has 2 N–H and O–H groups in total. The summed E-state index contributed by atoms with van der Waals surface area (Å²) in [5, 5.41) is 5.76. The van der Waals surface area contributed by atoms with Crippen LogP contribution in [0, 0.1) is 0 Å². The summed E-state index contributed by atoms with van der Waals surface area (Å²) in [7, 11) is 1.29. The number of anilines is 1. The normalized spacial score (nSPS) is 11.4. The second-order valence-electron chi connectivity index (χ2n) is 4.87. The average Bonchev–Trinajstić information content (AvgIpc) is 2.54. The zero-order chi connectivity index (χ0) is 16.7. The molecular weight excluding hydrogens is 316 g/mol. The number of carbonyl (C=O) groups is 2. The second-order valence-corrected chi connectivity index (χ2v) is 5.31. The number of rotatable bonds is 5. The van der Waals surface area contributed by atoms with Gasteiger partial charge < -0.3 is 15.4 Å². The van der Waals surface area contributed by atoms with Crippen molar-refractivity contribution in [3.05, 3.63) is 65.2 Å². The summed E-state index contributed by atoms with van der Waals surface area (Å²) >= 11 is 5.87. The van der Waals surface area contributed by atoms with Crippen LogP contribution >= 0.6 is 11.6 Å². The molecule has 2 rings (SSSR count). The Kier molecular flexibility index (Phi) is 6.00.